The van der Waals surface area contributed by atoms with E-state index >= 15 is 0 Å². The Kier molecular flexibility index (Phi) is 20.1. The minimum absolute atomic E-state index is 0.134. The van der Waals surface area contributed by atoms with Crippen LogP contribution in [0, 0.1) is 0 Å². The summed E-state index contributed by atoms with van der Waals surface area (Å²) in [6.45, 7) is 5.31. The number of rotatable bonds is 20. The van der Waals surface area contributed by atoms with Crippen LogP contribution in [-0.4, -0.2) is 141 Å². The highest BCUT2D eigenvalue weighted by molar-refractivity contribution is 6.13. The lowest BCUT2D eigenvalue weighted by Gasteiger charge is -2.48. The molecule has 11 atom stereocenters. The van der Waals surface area contributed by atoms with Crippen molar-refractivity contribution in [1.82, 2.24) is 0 Å². The zero-order valence-electron chi connectivity index (χ0n) is 39.5. The van der Waals surface area contributed by atoms with Gasteiger partial charge in [0.05, 0.1) is 12.3 Å². The number of carbonyl (C=O) groups is 8. The minimum Gasteiger partial charge on any atom is -0.463 e. The van der Waals surface area contributed by atoms with E-state index in [1.165, 1.54) is 0 Å². The van der Waals surface area contributed by atoms with Crippen molar-refractivity contribution < 1.29 is 95.2 Å². The molecule has 0 spiro atoms. The second-order valence-corrected chi connectivity index (χ2v) is 15.8. The molecule has 70 heavy (non-hydrogen) atoms. The molecule has 3 aromatic rings. The van der Waals surface area contributed by atoms with Crippen molar-refractivity contribution in [3.8, 4) is 0 Å². The molecule has 3 aromatic carbocycles. The zero-order chi connectivity index (χ0) is 50.9. The lowest BCUT2D eigenvalue weighted by Crippen LogP contribution is -2.67. The fourth-order valence-corrected chi connectivity index (χ4v) is 7.44. The largest absolute Gasteiger partial charge is 0.463 e. The summed E-state index contributed by atoms with van der Waals surface area (Å²) >= 11 is 0. The van der Waals surface area contributed by atoms with Crippen LogP contribution in [0.25, 0.3) is 0 Å². The van der Waals surface area contributed by atoms with Crippen molar-refractivity contribution >= 4 is 53.5 Å². The Morgan fingerprint density at radius 1 is 0.471 bits per heavy atom. The Labute approximate surface area is 402 Å². The highest BCUT2D eigenvalue weighted by atomic mass is 16.8. The van der Waals surface area contributed by atoms with Gasteiger partial charge in [-0.1, -0.05) is 91.0 Å². The Balaban J connectivity index is 1.59. The van der Waals surface area contributed by atoms with E-state index in [1.807, 2.05) is 12.1 Å². The maximum Gasteiger partial charge on any atom is 0.333 e. The molecule has 0 radical (unpaired) electrons. The molecule has 0 saturated carbocycles. The van der Waals surface area contributed by atoms with Crippen LogP contribution in [0.1, 0.15) is 65.2 Å². The molecule has 1 unspecified atom stereocenters. The highest BCUT2D eigenvalue weighted by Crippen LogP contribution is 2.36. The SMILES string of the molecule is CC(=O)OC[C@H]1O[C@@H](O[C@H]2[C@H](OC(C)=O)[C@@H](OC(C)=O)[C@H](OCC(N=C(c3ccccc3)c3ccccc3)C(=O)OCc3ccccc3)O[C@@H]2COC(C)=O)[C@H](OC(C)=O)[C@@H](OC(C)=O)[C@H]1OC(C)=O. The normalized spacial score (nSPS) is 24.3. The summed E-state index contributed by atoms with van der Waals surface area (Å²) in [4.78, 5) is 107. The number of nitrogens with zero attached hydrogens (tertiary/aromatic N) is 1. The van der Waals surface area contributed by atoms with Gasteiger partial charge in [-0.3, -0.25) is 38.6 Å². The first kappa shape index (κ1) is 53.9. The second-order valence-electron chi connectivity index (χ2n) is 15.8. The van der Waals surface area contributed by atoms with E-state index in [1.54, 1.807) is 78.9 Å². The fraction of sp³-hybridized carbons (Fsp3) is 0.449. The van der Waals surface area contributed by atoms with Gasteiger partial charge < -0.3 is 56.8 Å². The predicted molar refractivity (Wildman–Crippen MR) is 238 cm³/mol. The second kappa shape index (κ2) is 26.1. The van der Waals surface area contributed by atoms with Gasteiger partial charge in [-0.2, -0.15) is 0 Å². The first-order valence-electron chi connectivity index (χ1n) is 22.0. The monoisotopic (exact) mass is 977 g/mol. The van der Waals surface area contributed by atoms with Crippen molar-refractivity contribution in [1.29, 1.82) is 0 Å². The standard InChI is InChI=1S/C49H55NO20/c1-27(51)59-25-38-41(63-29(3)53)43(64-30(4)54)46(67-33(7)57)49(69-38)70-42-39(26-60-28(2)52)68-48(45(66-32(6)56)44(42)65-31(5)55)62-24-37(47(58)61-23-34-17-11-8-12-18-34)50-40(35-19-13-9-14-20-35)36-21-15-10-16-22-36/h8-22,37-39,41-46,48-49H,23-26H2,1-7H3/t37?,38-,39-,41+,42-,43+,44+,45-,46-,48-,49+/m1/s1. The molecule has 2 heterocycles. The van der Waals surface area contributed by atoms with Crippen LogP contribution in [0.5, 0.6) is 0 Å². The number of carbonyl (C=O) groups excluding carboxylic acids is 8. The molecule has 2 aliphatic heterocycles. The van der Waals surface area contributed by atoms with Crippen LogP contribution in [0.2, 0.25) is 0 Å². The van der Waals surface area contributed by atoms with Crippen molar-refractivity contribution in [3.63, 3.8) is 0 Å². The number of hydrogen-bond acceptors (Lipinski definition) is 21. The molecule has 2 fully saturated rings. The van der Waals surface area contributed by atoms with Gasteiger partial charge in [0.15, 0.2) is 49.1 Å². The molecule has 5 rings (SSSR count). The average molecular weight is 978 g/mol. The average Bonchev–Trinajstić information content (AvgIpc) is 3.30. The van der Waals surface area contributed by atoms with Gasteiger partial charge in [-0.25, -0.2) is 4.79 Å². The van der Waals surface area contributed by atoms with Crippen molar-refractivity contribution in [2.45, 2.75) is 123 Å². The van der Waals surface area contributed by atoms with E-state index in [-0.39, 0.29) is 6.61 Å². The summed E-state index contributed by atoms with van der Waals surface area (Å²) < 4.78 is 69.7. The Hall–Kier alpha value is -7.07. The maximum absolute atomic E-state index is 14.1. The Morgan fingerprint density at radius 3 is 1.34 bits per heavy atom. The van der Waals surface area contributed by atoms with E-state index in [2.05, 4.69) is 0 Å². The molecule has 0 aliphatic carbocycles. The summed E-state index contributed by atoms with van der Waals surface area (Å²) in [5.74, 6) is -7.08. The molecule has 0 amide bonds. The van der Waals surface area contributed by atoms with Crippen LogP contribution in [0.15, 0.2) is 96.0 Å². The third-order valence-corrected chi connectivity index (χ3v) is 10.2. The van der Waals surface area contributed by atoms with Crippen LogP contribution >= 0.6 is 0 Å². The minimum atomic E-state index is -1.89. The molecule has 376 valence electrons. The van der Waals surface area contributed by atoms with Gasteiger partial charge in [0.1, 0.15) is 38.1 Å². The number of ether oxygens (including phenoxy) is 12. The third-order valence-electron chi connectivity index (χ3n) is 10.2. The molecular weight excluding hydrogens is 923 g/mol. The number of aliphatic imine (C=N–C) groups is 1. The zero-order valence-corrected chi connectivity index (χ0v) is 39.5. The van der Waals surface area contributed by atoms with Gasteiger partial charge >= 0.3 is 47.8 Å². The topological polar surface area (TPSA) is 260 Å². The molecule has 0 bridgehead atoms. The molecule has 0 N–H and O–H groups in total. The van der Waals surface area contributed by atoms with Crippen LogP contribution in [-0.2, 0) is 102 Å². The molecule has 2 saturated heterocycles. The molecule has 2 aliphatic rings. The molecule has 21 heteroatoms. The van der Waals surface area contributed by atoms with E-state index in [0.29, 0.717) is 22.4 Å². The quantitative estimate of drug-likeness (QED) is 0.0894. The predicted octanol–water partition coefficient (Wildman–Crippen LogP) is 3.27. The summed E-state index contributed by atoms with van der Waals surface area (Å²) in [5.41, 5.74) is 2.34. The lowest BCUT2D eigenvalue weighted by atomic mass is 9.96. The van der Waals surface area contributed by atoms with Gasteiger partial charge in [-0.05, 0) is 5.56 Å². The summed E-state index contributed by atoms with van der Waals surface area (Å²) in [6, 6.07) is 25.5. The van der Waals surface area contributed by atoms with E-state index in [4.69, 9.17) is 61.8 Å². The van der Waals surface area contributed by atoms with Crippen LogP contribution in [0.3, 0.4) is 0 Å². The smallest absolute Gasteiger partial charge is 0.333 e. The third kappa shape index (κ3) is 16.0. The summed E-state index contributed by atoms with van der Waals surface area (Å²) in [6.07, 6.45) is -16.9. The molecular formula is C49H55NO20. The van der Waals surface area contributed by atoms with Gasteiger partial charge in [0.2, 0.25) is 0 Å². The lowest BCUT2D eigenvalue weighted by molar-refractivity contribution is -0.361. The Morgan fingerprint density at radius 2 is 0.871 bits per heavy atom. The van der Waals surface area contributed by atoms with Crippen molar-refractivity contribution in [3.05, 3.63) is 108 Å². The number of benzene rings is 3. The maximum atomic E-state index is 14.1. The van der Waals surface area contributed by atoms with Gasteiger partial charge in [0, 0.05) is 59.6 Å². The first-order valence-corrected chi connectivity index (χ1v) is 22.0. The van der Waals surface area contributed by atoms with Crippen LogP contribution in [0.4, 0.5) is 0 Å². The fourth-order valence-electron chi connectivity index (χ4n) is 7.44. The Bertz CT molecular complexity index is 2270. The number of esters is 8. The van der Waals surface area contributed by atoms with Gasteiger partial charge in [0.25, 0.3) is 0 Å². The van der Waals surface area contributed by atoms with E-state index in [0.717, 1.165) is 48.5 Å². The first-order chi connectivity index (χ1) is 33.4. The van der Waals surface area contributed by atoms with E-state index < -0.39 is 135 Å². The number of hydrogen-bond donors (Lipinski definition) is 0. The molecule has 21 nitrogen and oxygen atoms in total. The highest BCUT2D eigenvalue weighted by Gasteiger charge is 2.58. The van der Waals surface area contributed by atoms with Crippen molar-refractivity contribution in [2.24, 2.45) is 4.99 Å². The van der Waals surface area contributed by atoms with E-state index in [9.17, 15) is 38.4 Å². The molecule has 0 aromatic heterocycles. The summed E-state index contributed by atoms with van der Waals surface area (Å²) in [7, 11) is 0. The van der Waals surface area contributed by atoms with Crippen molar-refractivity contribution in [2.75, 3.05) is 19.8 Å². The van der Waals surface area contributed by atoms with Gasteiger partial charge in [-0.15, -0.1) is 0 Å². The van der Waals surface area contributed by atoms with Crippen LogP contribution < -0.4 is 0 Å². The summed E-state index contributed by atoms with van der Waals surface area (Å²) in [5, 5.41) is 0.